The Labute approximate surface area is 107 Å². The van der Waals surface area contributed by atoms with Crippen LogP contribution < -0.4 is 4.74 Å². The van der Waals surface area contributed by atoms with E-state index in [4.69, 9.17) is 4.74 Å². The van der Waals surface area contributed by atoms with Gasteiger partial charge in [0.15, 0.2) is 5.78 Å². The lowest BCUT2D eigenvalue weighted by molar-refractivity contribution is -0.126. The third-order valence-corrected chi connectivity index (χ3v) is 3.13. The van der Waals surface area contributed by atoms with Crippen LogP contribution in [0, 0.1) is 5.41 Å². The predicted octanol–water partition coefficient (Wildman–Crippen LogP) is 3.27. The molecule has 0 saturated carbocycles. The molecule has 96 valence electrons. The van der Waals surface area contributed by atoms with E-state index in [2.05, 4.69) is 0 Å². The molecule has 0 amide bonds. The van der Waals surface area contributed by atoms with Crippen LogP contribution >= 0.6 is 0 Å². The van der Waals surface area contributed by atoms with Crippen molar-refractivity contribution in [1.82, 2.24) is 4.57 Å². The highest BCUT2D eigenvalue weighted by Gasteiger charge is 2.21. The zero-order chi connectivity index (χ0) is 13.3. The molecule has 1 heterocycles. The Morgan fingerprint density at radius 2 is 2.00 bits per heavy atom. The monoisotopic (exact) mass is 245 g/mol. The average Bonchev–Trinajstić information content (AvgIpc) is 2.70. The van der Waals surface area contributed by atoms with E-state index in [0.717, 1.165) is 16.7 Å². The second-order valence-corrected chi connectivity index (χ2v) is 5.54. The molecule has 2 rings (SSSR count). The predicted molar refractivity (Wildman–Crippen MR) is 73.0 cm³/mol. The van der Waals surface area contributed by atoms with Crippen molar-refractivity contribution in [3.63, 3.8) is 0 Å². The van der Waals surface area contributed by atoms with Crippen molar-refractivity contribution < 1.29 is 9.53 Å². The number of methoxy groups -OCH3 is 1. The van der Waals surface area contributed by atoms with Crippen LogP contribution in [0.3, 0.4) is 0 Å². The Bertz CT molecular complexity index is 576. The smallest absolute Gasteiger partial charge is 0.157 e. The summed E-state index contributed by atoms with van der Waals surface area (Å²) in [5, 5.41) is 1.12. The number of hydrogen-bond acceptors (Lipinski definition) is 2. The molecule has 2 aromatic rings. The lowest BCUT2D eigenvalue weighted by Crippen LogP contribution is -2.24. The summed E-state index contributed by atoms with van der Waals surface area (Å²) in [7, 11) is 1.65. The quantitative estimate of drug-likeness (QED) is 0.831. The van der Waals surface area contributed by atoms with Crippen LogP contribution in [0.4, 0.5) is 0 Å². The van der Waals surface area contributed by atoms with Gasteiger partial charge in [0.2, 0.25) is 0 Å². The van der Waals surface area contributed by atoms with Crippen molar-refractivity contribution in [2.24, 2.45) is 5.41 Å². The maximum Gasteiger partial charge on any atom is 0.157 e. The molecule has 18 heavy (non-hydrogen) atoms. The van der Waals surface area contributed by atoms with Crippen molar-refractivity contribution in [3.05, 3.63) is 30.5 Å². The maximum atomic E-state index is 12.1. The Kier molecular flexibility index (Phi) is 3.16. The molecule has 0 N–H and O–H groups in total. The fraction of sp³-hybridized carbons (Fsp3) is 0.400. The summed E-state index contributed by atoms with van der Waals surface area (Å²) in [4.78, 5) is 12.1. The third-order valence-electron chi connectivity index (χ3n) is 3.13. The third kappa shape index (κ3) is 2.40. The zero-order valence-corrected chi connectivity index (χ0v) is 11.4. The summed E-state index contributed by atoms with van der Waals surface area (Å²) in [6, 6.07) is 7.92. The van der Waals surface area contributed by atoms with Gasteiger partial charge in [0.1, 0.15) is 5.75 Å². The Hall–Kier alpha value is -1.77. The number of aromatic nitrogens is 1. The molecule has 0 aliphatic carbocycles. The van der Waals surface area contributed by atoms with Crippen molar-refractivity contribution in [1.29, 1.82) is 0 Å². The molecule has 0 aliphatic rings. The van der Waals surface area contributed by atoms with Gasteiger partial charge in [0.25, 0.3) is 0 Å². The Morgan fingerprint density at radius 3 is 2.61 bits per heavy atom. The van der Waals surface area contributed by atoms with E-state index in [-0.39, 0.29) is 11.2 Å². The van der Waals surface area contributed by atoms with E-state index in [1.54, 1.807) is 7.11 Å². The Balaban J connectivity index is 2.37. The number of fused-ring (bicyclic) bond motifs is 1. The number of ether oxygens (including phenoxy) is 1. The topological polar surface area (TPSA) is 31.2 Å². The Morgan fingerprint density at radius 1 is 1.28 bits per heavy atom. The number of rotatable bonds is 3. The molecule has 3 heteroatoms. The molecular formula is C15H19NO2. The summed E-state index contributed by atoms with van der Waals surface area (Å²) in [5.74, 6) is 1.04. The van der Waals surface area contributed by atoms with Gasteiger partial charge in [-0.15, -0.1) is 0 Å². The van der Waals surface area contributed by atoms with Gasteiger partial charge in [-0.05, 0) is 23.6 Å². The number of carbonyl (C=O) groups is 1. The molecule has 0 spiro atoms. The molecule has 0 fully saturated rings. The molecule has 3 nitrogen and oxygen atoms in total. The minimum atomic E-state index is -0.310. The summed E-state index contributed by atoms with van der Waals surface area (Å²) in [5.41, 5.74) is 0.724. The summed E-state index contributed by atoms with van der Waals surface area (Å²) >= 11 is 0. The molecule has 0 unspecified atom stereocenters. The SMILES string of the molecule is COc1ccc2ccn(CC(=O)C(C)(C)C)c2c1. The van der Waals surface area contributed by atoms with Crippen molar-refractivity contribution in [2.45, 2.75) is 27.3 Å². The fourth-order valence-electron chi connectivity index (χ4n) is 1.82. The summed E-state index contributed by atoms with van der Waals surface area (Å²) in [6.45, 7) is 6.24. The highest BCUT2D eigenvalue weighted by Crippen LogP contribution is 2.23. The largest absolute Gasteiger partial charge is 0.497 e. The first-order valence-electron chi connectivity index (χ1n) is 6.08. The number of nitrogens with zero attached hydrogens (tertiary/aromatic N) is 1. The van der Waals surface area contributed by atoms with Gasteiger partial charge in [-0.2, -0.15) is 0 Å². The average molecular weight is 245 g/mol. The molecular weight excluding hydrogens is 226 g/mol. The second-order valence-electron chi connectivity index (χ2n) is 5.54. The molecule has 0 aliphatic heterocycles. The summed E-state index contributed by atoms with van der Waals surface area (Å²) in [6.07, 6.45) is 1.95. The van der Waals surface area contributed by atoms with Crippen LogP contribution in [-0.4, -0.2) is 17.5 Å². The van der Waals surface area contributed by atoms with E-state index in [1.807, 2.05) is 55.8 Å². The fourth-order valence-corrected chi connectivity index (χ4v) is 1.82. The van der Waals surface area contributed by atoms with Gasteiger partial charge in [-0.3, -0.25) is 4.79 Å². The number of benzene rings is 1. The van der Waals surface area contributed by atoms with Crippen LogP contribution in [-0.2, 0) is 11.3 Å². The first kappa shape index (κ1) is 12.7. The van der Waals surface area contributed by atoms with Crippen LogP contribution in [0.15, 0.2) is 30.5 Å². The van der Waals surface area contributed by atoms with Crippen molar-refractivity contribution in [3.8, 4) is 5.75 Å². The first-order chi connectivity index (χ1) is 8.41. The number of ketones is 1. The van der Waals surface area contributed by atoms with Gasteiger partial charge in [-0.25, -0.2) is 0 Å². The van der Waals surface area contributed by atoms with Crippen molar-refractivity contribution >= 4 is 16.7 Å². The lowest BCUT2D eigenvalue weighted by atomic mass is 9.91. The van der Waals surface area contributed by atoms with Crippen molar-refractivity contribution in [2.75, 3.05) is 7.11 Å². The van der Waals surface area contributed by atoms with E-state index in [0.29, 0.717) is 6.54 Å². The standard InChI is InChI=1S/C15H19NO2/c1-15(2,3)14(17)10-16-8-7-11-5-6-12(18-4)9-13(11)16/h5-9H,10H2,1-4H3. The second kappa shape index (κ2) is 4.48. The molecule has 1 aromatic heterocycles. The van der Waals surface area contributed by atoms with Gasteiger partial charge < -0.3 is 9.30 Å². The maximum absolute atomic E-state index is 12.1. The normalized spacial score (nSPS) is 11.8. The van der Waals surface area contributed by atoms with Gasteiger partial charge >= 0.3 is 0 Å². The summed E-state index contributed by atoms with van der Waals surface area (Å²) < 4.78 is 7.20. The molecule has 1 aromatic carbocycles. The number of hydrogen-bond donors (Lipinski definition) is 0. The highest BCUT2D eigenvalue weighted by atomic mass is 16.5. The van der Waals surface area contributed by atoms with Crippen LogP contribution in [0.2, 0.25) is 0 Å². The first-order valence-corrected chi connectivity index (χ1v) is 6.08. The van der Waals surface area contributed by atoms with Gasteiger partial charge in [0.05, 0.1) is 19.2 Å². The molecule has 0 saturated heterocycles. The van der Waals surface area contributed by atoms with E-state index >= 15 is 0 Å². The highest BCUT2D eigenvalue weighted by molar-refractivity contribution is 5.87. The van der Waals surface area contributed by atoms with E-state index in [1.165, 1.54) is 0 Å². The number of Topliss-reactive ketones (excluding diaryl/α,β-unsaturated/α-hetero) is 1. The molecule has 0 bridgehead atoms. The molecule has 0 radical (unpaired) electrons. The molecule has 0 atom stereocenters. The zero-order valence-electron chi connectivity index (χ0n) is 11.4. The lowest BCUT2D eigenvalue weighted by Gasteiger charge is -2.17. The minimum Gasteiger partial charge on any atom is -0.497 e. The van der Waals surface area contributed by atoms with Gasteiger partial charge in [0, 0.05) is 17.7 Å². The van der Waals surface area contributed by atoms with E-state index in [9.17, 15) is 4.79 Å². The van der Waals surface area contributed by atoms with Gasteiger partial charge in [-0.1, -0.05) is 20.8 Å². The number of carbonyl (C=O) groups excluding carboxylic acids is 1. The van der Waals surface area contributed by atoms with Crippen LogP contribution in [0.1, 0.15) is 20.8 Å². The van der Waals surface area contributed by atoms with E-state index < -0.39 is 0 Å². The van der Waals surface area contributed by atoms with Crippen LogP contribution in [0.25, 0.3) is 10.9 Å². The van der Waals surface area contributed by atoms with Crippen LogP contribution in [0.5, 0.6) is 5.75 Å². The minimum absolute atomic E-state index is 0.225.